The molecule has 0 rings (SSSR count). The predicted molar refractivity (Wildman–Crippen MR) is 56.6 cm³/mol. The summed E-state index contributed by atoms with van der Waals surface area (Å²) in [6.45, 7) is 3.98. The van der Waals surface area contributed by atoms with Crippen molar-refractivity contribution in [2.45, 2.75) is 24.6 Å². The van der Waals surface area contributed by atoms with E-state index in [1.807, 2.05) is 0 Å². The molecule has 2 N–H and O–H groups in total. The molecule has 2 unspecified atom stereocenters. The van der Waals surface area contributed by atoms with Gasteiger partial charge in [-0.1, -0.05) is 0 Å². The number of hydrogen-bond acceptors (Lipinski definition) is 2. The Morgan fingerprint density at radius 3 is 1.50 bits per heavy atom. The summed E-state index contributed by atoms with van der Waals surface area (Å²) in [6, 6.07) is 0. The molecule has 0 heterocycles. The predicted octanol–water partition coefficient (Wildman–Crippen LogP) is 0.473. The van der Waals surface area contributed by atoms with Gasteiger partial charge in [-0.2, -0.15) is 0 Å². The van der Waals surface area contributed by atoms with Crippen molar-refractivity contribution in [1.29, 1.82) is 0 Å². The Balaban J connectivity index is 3.71. The lowest BCUT2D eigenvalue weighted by Gasteiger charge is -2.07. The second-order valence-corrected chi connectivity index (χ2v) is 4.47. The Morgan fingerprint density at radius 2 is 1.29 bits per heavy atom. The fourth-order valence-electron chi connectivity index (χ4n) is 0.627. The largest absolute Gasteiger partial charge is 0.346 e. The maximum absolute atomic E-state index is 11.0. The van der Waals surface area contributed by atoms with Crippen LogP contribution in [0.15, 0.2) is 0 Å². The maximum atomic E-state index is 11.0. The highest BCUT2D eigenvalue weighted by molar-refractivity contribution is 6.35. The van der Waals surface area contributed by atoms with Crippen LogP contribution >= 0.6 is 23.2 Å². The van der Waals surface area contributed by atoms with Crippen molar-refractivity contribution in [3.63, 3.8) is 0 Å². The number of amides is 2. The van der Waals surface area contributed by atoms with E-state index in [2.05, 4.69) is 10.6 Å². The lowest BCUT2D eigenvalue weighted by molar-refractivity contribution is -0.139. The number of halogens is 2. The third kappa shape index (κ3) is 6.97. The average molecular weight is 241 g/mol. The molecular formula is C8H14Cl2N2O2. The molecule has 2 amide bonds. The number of rotatable bonds is 4. The third-order valence-corrected chi connectivity index (χ3v) is 1.60. The molecule has 0 radical (unpaired) electrons. The molecule has 0 bridgehead atoms. The minimum Gasteiger partial charge on any atom is -0.346 e. The fourth-order valence-corrected chi connectivity index (χ4v) is 0.782. The van der Waals surface area contributed by atoms with Crippen LogP contribution in [0.4, 0.5) is 0 Å². The zero-order valence-corrected chi connectivity index (χ0v) is 9.65. The van der Waals surface area contributed by atoms with Crippen LogP contribution in [0.1, 0.15) is 13.8 Å². The summed E-state index contributed by atoms with van der Waals surface area (Å²) in [7, 11) is 0. The molecule has 0 saturated carbocycles. The van der Waals surface area contributed by atoms with Gasteiger partial charge in [0.15, 0.2) is 0 Å². The van der Waals surface area contributed by atoms with E-state index in [9.17, 15) is 9.59 Å². The van der Waals surface area contributed by atoms with Crippen LogP contribution in [0.2, 0.25) is 0 Å². The van der Waals surface area contributed by atoms with Crippen LogP contribution < -0.4 is 10.6 Å². The topological polar surface area (TPSA) is 58.2 Å². The van der Waals surface area contributed by atoms with Crippen molar-refractivity contribution >= 4 is 35.0 Å². The molecule has 0 aliphatic carbocycles. The van der Waals surface area contributed by atoms with E-state index in [0.717, 1.165) is 0 Å². The van der Waals surface area contributed by atoms with Gasteiger partial charge < -0.3 is 10.6 Å². The second kappa shape index (κ2) is 6.90. The van der Waals surface area contributed by atoms with E-state index in [1.165, 1.54) is 0 Å². The first-order chi connectivity index (χ1) is 6.43. The van der Waals surface area contributed by atoms with E-state index in [1.54, 1.807) is 13.8 Å². The van der Waals surface area contributed by atoms with E-state index < -0.39 is 11.8 Å². The highest BCUT2D eigenvalue weighted by Gasteiger charge is 2.13. The van der Waals surface area contributed by atoms with Crippen molar-refractivity contribution in [1.82, 2.24) is 10.6 Å². The minimum atomic E-state index is -0.685. The molecule has 0 fully saturated rings. The van der Waals surface area contributed by atoms with Crippen LogP contribution in [0.5, 0.6) is 0 Å². The van der Waals surface area contributed by atoms with Gasteiger partial charge in [-0.25, -0.2) is 0 Å². The molecule has 0 saturated heterocycles. The highest BCUT2D eigenvalue weighted by Crippen LogP contribution is 1.90. The van der Waals surface area contributed by atoms with Gasteiger partial charge in [-0.15, -0.1) is 23.2 Å². The number of carbonyl (C=O) groups excluding carboxylic acids is 2. The highest BCUT2D eigenvalue weighted by atomic mass is 35.5. The van der Waals surface area contributed by atoms with Crippen molar-refractivity contribution < 1.29 is 9.59 Å². The van der Waals surface area contributed by atoms with Gasteiger partial charge in [-0.05, 0) is 13.8 Å². The standard InChI is InChI=1S/C8H14Cl2N2O2/c1-5(9)3-11-7(13)8(14)12-4-6(2)10/h5-6H,3-4H2,1-2H3,(H,11,13)(H,12,14). The minimum absolute atomic E-state index is 0.196. The molecule has 2 atom stereocenters. The van der Waals surface area contributed by atoms with Gasteiger partial charge >= 0.3 is 11.8 Å². The molecule has 0 aliphatic rings. The molecule has 0 aliphatic heterocycles. The van der Waals surface area contributed by atoms with Gasteiger partial charge in [0, 0.05) is 23.8 Å². The van der Waals surface area contributed by atoms with E-state index >= 15 is 0 Å². The summed E-state index contributed by atoms with van der Waals surface area (Å²) in [5, 5.41) is 4.37. The summed E-state index contributed by atoms with van der Waals surface area (Å²) in [5.41, 5.74) is 0. The van der Waals surface area contributed by atoms with E-state index in [-0.39, 0.29) is 23.8 Å². The zero-order chi connectivity index (χ0) is 11.1. The summed E-state index contributed by atoms with van der Waals surface area (Å²) in [5.74, 6) is -1.37. The van der Waals surface area contributed by atoms with Crippen molar-refractivity contribution in [3.05, 3.63) is 0 Å². The average Bonchev–Trinajstić information content (AvgIpc) is 2.09. The summed E-state index contributed by atoms with van der Waals surface area (Å²) >= 11 is 11.2. The molecular weight excluding hydrogens is 227 g/mol. The number of hydrogen-bond donors (Lipinski definition) is 2. The van der Waals surface area contributed by atoms with Crippen molar-refractivity contribution in [2.24, 2.45) is 0 Å². The third-order valence-electron chi connectivity index (χ3n) is 1.29. The summed E-state index contributed by atoms with van der Waals surface area (Å²) in [4.78, 5) is 22.1. The second-order valence-electron chi connectivity index (χ2n) is 2.98. The Bertz CT molecular complexity index is 186. The normalized spacial score (nSPS) is 14.3. The number of carbonyl (C=O) groups is 2. The van der Waals surface area contributed by atoms with E-state index in [4.69, 9.17) is 23.2 Å². The molecule has 82 valence electrons. The molecule has 0 spiro atoms. The summed E-state index contributed by atoms with van der Waals surface area (Å²) in [6.07, 6.45) is 0. The zero-order valence-electron chi connectivity index (χ0n) is 8.14. The fraction of sp³-hybridized carbons (Fsp3) is 0.750. The van der Waals surface area contributed by atoms with Crippen LogP contribution in [-0.4, -0.2) is 35.7 Å². The molecule has 0 aromatic rings. The first-order valence-corrected chi connectivity index (χ1v) is 5.15. The SMILES string of the molecule is CC(Cl)CNC(=O)C(=O)NCC(C)Cl. The van der Waals surface area contributed by atoms with Gasteiger partial charge in [0.05, 0.1) is 0 Å². The smallest absolute Gasteiger partial charge is 0.309 e. The van der Waals surface area contributed by atoms with E-state index in [0.29, 0.717) is 0 Å². The summed E-state index contributed by atoms with van der Waals surface area (Å²) < 4.78 is 0. The molecule has 0 aromatic carbocycles. The van der Waals surface area contributed by atoms with Crippen molar-refractivity contribution in [3.8, 4) is 0 Å². The number of alkyl halides is 2. The quantitative estimate of drug-likeness (QED) is 0.555. The van der Waals surface area contributed by atoms with Gasteiger partial charge in [0.25, 0.3) is 0 Å². The van der Waals surface area contributed by atoms with Crippen LogP contribution in [0.25, 0.3) is 0 Å². The van der Waals surface area contributed by atoms with Gasteiger partial charge in [-0.3, -0.25) is 9.59 Å². The molecule has 6 heteroatoms. The first-order valence-electron chi connectivity index (χ1n) is 4.27. The van der Waals surface area contributed by atoms with Crippen molar-refractivity contribution in [2.75, 3.05) is 13.1 Å². The van der Waals surface area contributed by atoms with Gasteiger partial charge in [0.2, 0.25) is 0 Å². The molecule has 0 aromatic heterocycles. The lowest BCUT2D eigenvalue weighted by atomic mass is 10.4. The number of nitrogens with one attached hydrogen (secondary N) is 2. The Labute approximate surface area is 93.3 Å². The molecule has 4 nitrogen and oxygen atoms in total. The van der Waals surface area contributed by atoms with Gasteiger partial charge in [0.1, 0.15) is 0 Å². The monoisotopic (exact) mass is 240 g/mol. The Morgan fingerprint density at radius 1 is 1.00 bits per heavy atom. The Kier molecular flexibility index (Phi) is 6.66. The Hall–Kier alpha value is -0.480. The molecule has 14 heavy (non-hydrogen) atoms. The maximum Gasteiger partial charge on any atom is 0.309 e. The van der Waals surface area contributed by atoms with Crippen LogP contribution in [0, 0.1) is 0 Å². The first kappa shape index (κ1) is 13.5. The van der Waals surface area contributed by atoms with Crippen LogP contribution in [0.3, 0.4) is 0 Å². The van der Waals surface area contributed by atoms with Crippen LogP contribution in [-0.2, 0) is 9.59 Å². The lowest BCUT2D eigenvalue weighted by Crippen LogP contribution is -2.43.